The fourth-order valence-corrected chi connectivity index (χ4v) is 4.73. The van der Waals surface area contributed by atoms with Gasteiger partial charge in [0.25, 0.3) is 0 Å². The number of carbonyl (C=O) groups is 1. The molecule has 0 radical (unpaired) electrons. The number of rotatable bonds is 0. The summed E-state index contributed by atoms with van der Waals surface area (Å²) in [4.78, 5) is 11.8. The van der Waals surface area contributed by atoms with Gasteiger partial charge in [0, 0.05) is 5.92 Å². The fourth-order valence-electron chi connectivity index (χ4n) is 4.73. The quantitative estimate of drug-likeness (QED) is 0.586. The highest BCUT2D eigenvalue weighted by molar-refractivity contribution is 5.77. The van der Waals surface area contributed by atoms with Crippen molar-refractivity contribution in [2.45, 2.75) is 50.9 Å². The summed E-state index contributed by atoms with van der Waals surface area (Å²) in [5.74, 6) is 1.81. The van der Waals surface area contributed by atoms with Gasteiger partial charge in [-0.25, -0.2) is 0 Å². The van der Waals surface area contributed by atoms with Crippen LogP contribution in [0, 0.1) is 23.7 Å². The van der Waals surface area contributed by atoms with E-state index < -0.39 is 0 Å². The van der Waals surface area contributed by atoms with E-state index in [1.807, 2.05) is 6.92 Å². The molecule has 0 N–H and O–H groups in total. The van der Waals surface area contributed by atoms with Crippen LogP contribution in [-0.4, -0.2) is 24.3 Å². The number of hydrogen-bond donors (Lipinski definition) is 0. The third kappa shape index (κ3) is 0.963. The van der Waals surface area contributed by atoms with Crippen LogP contribution in [0.15, 0.2) is 0 Å². The molecule has 3 aliphatic heterocycles. The standard InChI is InChI=1S/C13H18O3/c1-6-9-10(13(14)15-6)12-8-5-3-2-4-7(8)11(9)16-12/h6-12H,2-5H2,1H3/t6-,7-,8+,9+,10+,11+,12-/m0/s1. The molecule has 0 amide bonds. The van der Waals surface area contributed by atoms with Crippen molar-refractivity contribution in [2.75, 3.05) is 0 Å². The molecule has 3 heterocycles. The first-order valence-electron chi connectivity index (χ1n) is 6.63. The van der Waals surface area contributed by atoms with E-state index in [4.69, 9.17) is 9.47 Å². The molecule has 0 spiro atoms. The van der Waals surface area contributed by atoms with Gasteiger partial charge in [0.1, 0.15) is 6.10 Å². The molecule has 0 aromatic rings. The molecule has 4 rings (SSSR count). The van der Waals surface area contributed by atoms with Crippen molar-refractivity contribution in [3.63, 3.8) is 0 Å². The maximum atomic E-state index is 11.8. The zero-order valence-corrected chi connectivity index (χ0v) is 9.59. The zero-order valence-electron chi connectivity index (χ0n) is 9.59. The predicted octanol–water partition coefficient (Wildman–Crippen LogP) is 1.75. The van der Waals surface area contributed by atoms with E-state index >= 15 is 0 Å². The van der Waals surface area contributed by atoms with E-state index in [0.29, 0.717) is 17.9 Å². The molecular weight excluding hydrogens is 204 g/mol. The van der Waals surface area contributed by atoms with Crippen LogP contribution in [0.25, 0.3) is 0 Å². The average molecular weight is 222 g/mol. The van der Waals surface area contributed by atoms with E-state index in [0.717, 1.165) is 5.92 Å². The number of ether oxygens (including phenoxy) is 2. The van der Waals surface area contributed by atoms with Crippen LogP contribution in [0.4, 0.5) is 0 Å². The van der Waals surface area contributed by atoms with Gasteiger partial charge in [-0.15, -0.1) is 0 Å². The van der Waals surface area contributed by atoms with Gasteiger partial charge in [-0.2, -0.15) is 0 Å². The maximum Gasteiger partial charge on any atom is 0.312 e. The Hall–Kier alpha value is -0.570. The second kappa shape index (κ2) is 3.00. The topological polar surface area (TPSA) is 35.5 Å². The number of carbonyl (C=O) groups excluding carboxylic acids is 1. The highest BCUT2D eigenvalue weighted by Crippen LogP contribution is 2.58. The Bertz CT molecular complexity index is 340. The van der Waals surface area contributed by atoms with E-state index in [9.17, 15) is 4.79 Å². The Morgan fingerprint density at radius 3 is 2.56 bits per heavy atom. The molecule has 4 aliphatic rings. The molecule has 3 nitrogen and oxygen atoms in total. The monoisotopic (exact) mass is 222 g/mol. The molecule has 2 bridgehead atoms. The fraction of sp³-hybridized carbons (Fsp3) is 0.923. The van der Waals surface area contributed by atoms with Gasteiger partial charge < -0.3 is 9.47 Å². The van der Waals surface area contributed by atoms with Crippen molar-refractivity contribution in [3.05, 3.63) is 0 Å². The molecule has 0 aromatic carbocycles. The minimum absolute atomic E-state index is 0.00836. The zero-order chi connectivity index (χ0) is 10.9. The number of hydrogen-bond acceptors (Lipinski definition) is 3. The third-order valence-corrected chi connectivity index (χ3v) is 5.30. The van der Waals surface area contributed by atoms with Gasteiger partial charge in [-0.3, -0.25) is 4.79 Å². The minimum atomic E-state index is 0.00836. The smallest absolute Gasteiger partial charge is 0.312 e. The van der Waals surface area contributed by atoms with Crippen molar-refractivity contribution in [3.8, 4) is 0 Å². The van der Waals surface area contributed by atoms with Gasteiger partial charge in [-0.1, -0.05) is 12.8 Å². The van der Waals surface area contributed by atoms with Gasteiger partial charge in [0.2, 0.25) is 0 Å². The molecule has 0 aromatic heterocycles. The lowest BCUT2D eigenvalue weighted by Gasteiger charge is -2.36. The third-order valence-electron chi connectivity index (χ3n) is 5.30. The molecule has 1 aliphatic carbocycles. The van der Waals surface area contributed by atoms with Crippen LogP contribution in [0.1, 0.15) is 32.6 Å². The van der Waals surface area contributed by atoms with E-state index in [2.05, 4.69) is 0 Å². The highest BCUT2D eigenvalue weighted by Gasteiger charge is 2.66. The lowest BCUT2D eigenvalue weighted by atomic mass is 9.63. The second-order valence-corrected chi connectivity index (χ2v) is 5.92. The lowest BCUT2D eigenvalue weighted by molar-refractivity contribution is -0.147. The van der Waals surface area contributed by atoms with Gasteiger partial charge in [-0.05, 0) is 31.6 Å². The number of cyclic esters (lactones) is 1. The molecule has 16 heavy (non-hydrogen) atoms. The number of fused-ring (bicyclic) bond motifs is 8. The predicted molar refractivity (Wildman–Crippen MR) is 56.6 cm³/mol. The molecule has 0 unspecified atom stereocenters. The first-order valence-corrected chi connectivity index (χ1v) is 6.63. The Labute approximate surface area is 95.5 Å². The molecule has 3 saturated heterocycles. The Kier molecular flexibility index (Phi) is 1.78. The summed E-state index contributed by atoms with van der Waals surface area (Å²) in [5.41, 5.74) is 0. The van der Waals surface area contributed by atoms with Crippen LogP contribution in [0.2, 0.25) is 0 Å². The van der Waals surface area contributed by atoms with E-state index in [-0.39, 0.29) is 24.1 Å². The largest absolute Gasteiger partial charge is 0.462 e. The summed E-state index contributed by atoms with van der Waals surface area (Å²) in [6.07, 6.45) is 5.81. The van der Waals surface area contributed by atoms with Crippen LogP contribution in [0.3, 0.4) is 0 Å². The maximum absolute atomic E-state index is 11.8. The van der Waals surface area contributed by atoms with E-state index in [1.54, 1.807) is 0 Å². The van der Waals surface area contributed by atoms with Crippen molar-refractivity contribution < 1.29 is 14.3 Å². The minimum Gasteiger partial charge on any atom is -0.462 e. The lowest BCUT2D eigenvalue weighted by Crippen LogP contribution is -2.42. The first kappa shape index (κ1) is 9.46. The SMILES string of the molecule is C[C@@H]1OC(=O)[C@H]2[C@H]3O[C@H]([C@H]4CCCC[C@H]43)[C@@H]21. The number of esters is 1. The van der Waals surface area contributed by atoms with Gasteiger partial charge in [0.05, 0.1) is 18.1 Å². The summed E-state index contributed by atoms with van der Waals surface area (Å²) in [7, 11) is 0. The van der Waals surface area contributed by atoms with Crippen LogP contribution in [-0.2, 0) is 14.3 Å². The van der Waals surface area contributed by atoms with Crippen molar-refractivity contribution in [1.29, 1.82) is 0 Å². The first-order chi connectivity index (χ1) is 7.77. The Morgan fingerprint density at radius 2 is 1.81 bits per heavy atom. The van der Waals surface area contributed by atoms with Gasteiger partial charge in [0.15, 0.2) is 0 Å². The van der Waals surface area contributed by atoms with Crippen molar-refractivity contribution in [2.24, 2.45) is 23.7 Å². The highest BCUT2D eigenvalue weighted by atomic mass is 16.6. The summed E-state index contributed by atoms with van der Waals surface area (Å²) in [6.45, 7) is 2.03. The van der Waals surface area contributed by atoms with Gasteiger partial charge >= 0.3 is 5.97 Å². The van der Waals surface area contributed by atoms with Crippen LogP contribution in [0.5, 0.6) is 0 Å². The molecule has 4 fully saturated rings. The Morgan fingerprint density at radius 1 is 1.12 bits per heavy atom. The summed E-state index contributed by atoms with van der Waals surface area (Å²) >= 11 is 0. The average Bonchev–Trinajstić information content (AvgIpc) is 2.91. The van der Waals surface area contributed by atoms with E-state index in [1.165, 1.54) is 25.7 Å². The molecule has 3 heteroatoms. The van der Waals surface area contributed by atoms with Crippen molar-refractivity contribution in [1.82, 2.24) is 0 Å². The molecule has 88 valence electrons. The summed E-state index contributed by atoms with van der Waals surface area (Å²) < 4.78 is 11.5. The van der Waals surface area contributed by atoms with Crippen LogP contribution >= 0.6 is 0 Å². The molecule has 7 atom stereocenters. The van der Waals surface area contributed by atoms with Crippen molar-refractivity contribution >= 4 is 5.97 Å². The molecular formula is C13H18O3. The summed E-state index contributed by atoms with van der Waals surface area (Å²) in [5, 5.41) is 0. The molecule has 1 saturated carbocycles. The Balaban J connectivity index is 1.71. The normalized spacial score (nSPS) is 58.3. The second-order valence-electron chi connectivity index (χ2n) is 5.92. The van der Waals surface area contributed by atoms with Crippen LogP contribution < -0.4 is 0 Å². The summed E-state index contributed by atoms with van der Waals surface area (Å²) in [6, 6.07) is 0.